The largest absolute Gasteiger partial charge is 0.320 e. The number of halogens is 1. The van der Waals surface area contributed by atoms with Gasteiger partial charge < -0.3 is 5.32 Å². The van der Waals surface area contributed by atoms with Crippen LogP contribution in [-0.2, 0) is 4.79 Å². The third-order valence-electron chi connectivity index (χ3n) is 3.01. The Hall–Kier alpha value is -2.73. The van der Waals surface area contributed by atoms with Crippen LogP contribution in [0.4, 0.5) is 17.1 Å². The van der Waals surface area contributed by atoms with E-state index in [-0.39, 0.29) is 28.0 Å². The summed E-state index contributed by atoms with van der Waals surface area (Å²) in [5.41, 5.74) is 1.25. The number of carbonyl (C=O) groups excluding carboxylic acids is 1. The van der Waals surface area contributed by atoms with Gasteiger partial charge in [0.1, 0.15) is 11.4 Å². The fourth-order valence-corrected chi connectivity index (χ4v) is 2.24. The highest BCUT2D eigenvalue weighted by Crippen LogP contribution is 2.32. The predicted octanol–water partition coefficient (Wildman–Crippen LogP) is 3.32. The van der Waals surface area contributed by atoms with Gasteiger partial charge in [0, 0.05) is 16.7 Å². The summed E-state index contributed by atoms with van der Waals surface area (Å²) in [7, 11) is 0. The standard InChI is InChI=1S/C14H8ClN3O3/c15-8-5-6-11(12(7-8)18(20)21)16-13-9-3-1-2-4-10(9)17-14(13)19/h1-7H,(H,16,17,19). The van der Waals surface area contributed by atoms with Crippen LogP contribution in [0.15, 0.2) is 47.5 Å². The van der Waals surface area contributed by atoms with Crippen LogP contribution in [-0.4, -0.2) is 16.5 Å². The highest BCUT2D eigenvalue weighted by Gasteiger charge is 2.26. The van der Waals surface area contributed by atoms with E-state index in [0.29, 0.717) is 11.3 Å². The molecular formula is C14H8ClN3O3. The first-order valence-corrected chi connectivity index (χ1v) is 6.37. The number of nitrogens with zero attached hydrogens (tertiary/aromatic N) is 2. The number of rotatable bonds is 2. The van der Waals surface area contributed by atoms with Crippen molar-refractivity contribution in [1.82, 2.24) is 0 Å². The first-order chi connectivity index (χ1) is 10.1. The minimum atomic E-state index is -0.579. The molecule has 21 heavy (non-hydrogen) atoms. The van der Waals surface area contributed by atoms with Crippen molar-refractivity contribution in [3.8, 4) is 0 Å². The lowest BCUT2D eigenvalue weighted by molar-refractivity contribution is -0.384. The molecule has 104 valence electrons. The minimum absolute atomic E-state index is 0.0891. The van der Waals surface area contributed by atoms with Crippen molar-refractivity contribution in [2.45, 2.75) is 0 Å². The number of carbonyl (C=O) groups is 1. The molecule has 0 fully saturated rings. The zero-order valence-electron chi connectivity index (χ0n) is 10.5. The van der Waals surface area contributed by atoms with Crippen molar-refractivity contribution < 1.29 is 9.72 Å². The Kier molecular flexibility index (Phi) is 3.15. The van der Waals surface area contributed by atoms with E-state index >= 15 is 0 Å². The van der Waals surface area contributed by atoms with Gasteiger partial charge in [-0.15, -0.1) is 0 Å². The second-order valence-corrected chi connectivity index (χ2v) is 4.79. The number of nitro groups is 1. The number of anilines is 1. The molecule has 1 amide bonds. The Morgan fingerprint density at radius 2 is 1.95 bits per heavy atom. The Balaban J connectivity index is 2.15. The zero-order chi connectivity index (χ0) is 15.0. The summed E-state index contributed by atoms with van der Waals surface area (Å²) in [5, 5.41) is 14.0. The molecule has 2 aromatic rings. The van der Waals surface area contributed by atoms with E-state index in [4.69, 9.17) is 11.6 Å². The van der Waals surface area contributed by atoms with Gasteiger partial charge in [-0.3, -0.25) is 14.9 Å². The molecular weight excluding hydrogens is 294 g/mol. The van der Waals surface area contributed by atoms with Gasteiger partial charge >= 0.3 is 0 Å². The molecule has 1 aliphatic heterocycles. The predicted molar refractivity (Wildman–Crippen MR) is 79.4 cm³/mol. The third kappa shape index (κ3) is 2.36. The normalized spacial score (nSPS) is 14.9. The lowest BCUT2D eigenvalue weighted by atomic mass is 10.1. The number of nitrogens with one attached hydrogen (secondary N) is 1. The van der Waals surface area contributed by atoms with Crippen molar-refractivity contribution in [1.29, 1.82) is 0 Å². The van der Waals surface area contributed by atoms with Crippen LogP contribution in [0.1, 0.15) is 5.56 Å². The molecule has 0 unspecified atom stereocenters. The van der Waals surface area contributed by atoms with Crippen LogP contribution in [0.3, 0.4) is 0 Å². The topological polar surface area (TPSA) is 84.6 Å². The Morgan fingerprint density at radius 1 is 1.19 bits per heavy atom. The lowest BCUT2D eigenvalue weighted by Crippen LogP contribution is -2.14. The summed E-state index contributed by atoms with van der Waals surface area (Å²) in [6, 6.07) is 11.1. The van der Waals surface area contributed by atoms with Crippen LogP contribution in [0, 0.1) is 10.1 Å². The van der Waals surface area contributed by atoms with Crippen LogP contribution >= 0.6 is 11.6 Å². The molecule has 0 atom stereocenters. The van der Waals surface area contributed by atoms with Crippen molar-refractivity contribution in [3.63, 3.8) is 0 Å². The summed E-state index contributed by atoms with van der Waals surface area (Å²) in [4.78, 5) is 26.6. The van der Waals surface area contributed by atoms with Gasteiger partial charge in [-0.2, -0.15) is 0 Å². The van der Waals surface area contributed by atoms with Gasteiger partial charge in [0.25, 0.3) is 11.6 Å². The molecule has 0 saturated heterocycles. The first kappa shape index (κ1) is 13.3. The van der Waals surface area contributed by atoms with E-state index in [9.17, 15) is 14.9 Å². The quantitative estimate of drug-likeness (QED) is 0.682. The van der Waals surface area contributed by atoms with Crippen LogP contribution in [0.5, 0.6) is 0 Å². The molecule has 0 bridgehead atoms. The number of benzene rings is 2. The molecule has 3 rings (SSSR count). The molecule has 7 heteroatoms. The van der Waals surface area contributed by atoms with E-state index in [1.165, 1.54) is 18.2 Å². The van der Waals surface area contributed by atoms with E-state index in [0.717, 1.165) is 0 Å². The molecule has 0 spiro atoms. The number of amides is 1. The number of para-hydroxylation sites is 1. The van der Waals surface area contributed by atoms with E-state index in [2.05, 4.69) is 10.3 Å². The first-order valence-electron chi connectivity index (χ1n) is 5.99. The van der Waals surface area contributed by atoms with Crippen molar-refractivity contribution >= 4 is 40.3 Å². The SMILES string of the molecule is O=C1Nc2ccccc2C1=Nc1ccc(Cl)cc1[N+](=O)[O-]. The molecule has 6 nitrogen and oxygen atoms in total. The number of hydrogen-bond acceptors (Lipinski definition) is 4. The average molecular weight is 302 g/mol. The number of nitro benzene ring substituents is 1. The van der Waals surface area contributed by atoms with Crippen LogP contribution < -0.4 is 5.32 Å². The van der Waals surface area contributed by atoms with Gasteiger partial charge in [-0.25, -0.2) is 4.99 Å². The fraction of sp³-hybridized carbons (Fsp3) is 0. The van der Waals surface area contributed by atoms with Crippen LogP contribution in [0.25, 0.3) is 0 Å². The molecule has 0 saturated carbocycles. The average Bonchev–Trinajstić information content (AvgIpc) is 2.77. The van der Waals surface area contributed by atoms with Gasteiger partial charge in [-0.05, 0) is 18.2 Å². The lowest BCUT2D eigenvalue weighted by Gasteiger charge is -2.00. The zero-order valence-corrected chi connectivity index (χ0v) is 11.3. The van der Waals surface area contributed by atoms with Gasteiger partial charge in [0.15, 0.2) is 0 Å². The highest BCUT2D eigenvalue weighted by atomic mass is 35.5. The van der Waals surface area contributed by atoms with E-state index in [1.54, 1.807) is 24.3 Å². The second-order valence-electron chi connectivity index (χ2n) is 4.35. The molecule has 1 aliphatic rings. The molecule has 0 aliphatic carbocycles. The van der Waals surface area contributed by atoms with Gasteiger partial charge in [0.2, 0.25) is 0 Å². The molecule has 1 heterocycles. The summed E-state index contributed by atoms with van der Waals surface area (Å²) < 4.78 is 0. The number of hydrogen-bond donors (Lipinski definition) is 1. The maximum atomic E-state index is 11.9. The maximum Gasteiger partial charge on any atom is 0.296 e. The number of aliphatic imine (C=N–C) groups is 1. The minimum Gasteiger partial charge on any atom is -0.320 e. The monoisotopic (exact) mass is 301 g/mol. The van der Waals surface area contributed by atoms with Crippen LogP contribution in [0.2, 0.25) is 5.02 Å². The summed E-state index contributed by atoms with van der Waals surface area (Å²) >= 11 is 5.76. The van der Waals surface area contributed by atoms with Crippen molar-refractivity contribution in [3.05, 3.63) is 63.2 Å². The maximum absolute atomic E-state index is 11.9. The highest BCUT2D eigenvalue weighted by molar-refractivity contribution is 6.54. The van der Waals surface area contributed by atoms with Crippen molar-refractivity contribution in [2.75, 3.05) is 5.32 Å². The summed E-state index contributed by atoms with van der Waals surface area (Å²) in [5.74, 6) is -0.388. The Labute approximate surface area is 124 Å². The van der Waals surface area contributed by atoms with E-state index in [1.807, 2.05) is 0 Å². The van der Waals surface area contributed by atoms with Gasteiger partial charge in [-0.1, -0.05) is 29.8 Å². The molecule has 2 aromatic carbocycles. The Bertz CT molecular complexity index is 802. The second kappa shape index (κ2) is 4.99. The summed E-state index contributed by atoms with van der Waals surface area (Å²) in [6.45, 7) is 0. The third-order valence-corrected chi connectivity index (χ3v) is 3.25. The Morgan fingerprint density at radius 3 is 2.71 bits per heavy atom. The van der Waals surface area contributed by atoms with Crippen molar-refractivity contribution in [2.24, 2.45) is 4.99 Å². The number of fused-ring (bicyclic) bond motifs is 1. The molecule has 0 radical (unpaired) electrons. The molecule has 0 aromatic heterocycles. The summed E-state index contributed by atoms with van der Waals surface area (Å²) in [6.07, 6.45) is 0. The smallest absolute Gasteiger partial charge is 0.296 e. The fourth-order valence-electron chi connectivity index (χ4n) is 2.07. The van der Waals surface area contributed by atoms with E-state index < -0.39 is 4.92 Å². The van der Waals surface area contributed by atoms with Gasteiger partial charge in [0.05, 0.1) is 10.6 Å². The molecule has 1 N–H and O–H groups in total.